The number of carbonyl (C=O) groups is 2. The molecule has 0 bridgehead atoms. The second kappa shape index (κ2) is 6.58. The van der Waals surface area contributed by atoms with Crippen LogP contribution in [0.2, 0.25) is 0 Å². The lowest BCUT2D eigenvalue weighted by atomic mass is 10.1. The number of aliphatic carboxylic acids is 1. The Hall–Kier alpha value is -2.08. The zero-order chi connectivity index (χ0) is 15.4. The first-order valence-electron chi connectivity index (χ1n) is 6.94. The molecule has 114 valence electrons. The minimum atomic E-state index is -1.03. The molecule has 1 fully saturated rings. The van der Waals surface area contributed by atoms with E-state index in [2.05, 4.69) is 5.32 Å². The zero-order valence-corrected chi connectivity index (χ0v) is 12.1. The molecule has 0 aromatic heterocycles. The molecule has 6 heteroatoms. The number of anilines is 1. The average molecular weight is 293 g/mol. The molecular formula is C15H19NO5. The third-order valence-corrected chi connectivity index (χ3v) is 3.35. The fraction of sp³-hybridized carbons (Fsp3) is 0.467. The van der Waals surface area contributed by atoms with E-state index in [9.17, 15) is 9.59 Å². The highest BCUT2D eigenvalue weighted by molar-refractivity contribution is 5.95. The van der Waals surface area contributed by atoms with Crippen molar-refractivity contribution in [3.8, 4) is 5.75 Å². The Kier molecular flexibility index (Phi) is 4.80. The van der Waals surface area contributed by atoms with Gasteiger partial charge in [-0.25, -0.2) is 4.79 Å². The fourth-order valence-corrected chi connectivity index (χ4v) is 2.26. The number of nitrogens with one attached hydrogen (secondary N) is 1. The van der Waals surface area contributed by atoms with Gasteiger partial charge in [0.25, 0.3) is 5.91 Å². The van der Waals surface area contributed by atoms with Crippen molar-refractivity contribution in [2.45, 2.75) is 38.9 Å². The minimum Gasteiger partial charge on any atom is -0.494 e. The van der Waals surface area contributed by atoms with Crippen LogP contribution in [0.25, 0.3) is 0 Å². The number of hydrogen-bond acceptors (Lipinski definition) is 4. The van der Waals surface area contributed by atoms with E-state index in [-0.39, 0.29) is 5.91 Å². The molecule has 0 unspecified atom stereocenters. The normalized spacial score (nSPS) is 21.0. The van der Waals surface area contributed by atoms with Gasteiger partial charge < -0.3 is 19.9 Å². The predicted octanol–water partition coefficient (Wildman–Crippen LogP) is 1.96. The number of carboxylic acids is 1. The van der Waals surface area contributed by atoms with Gasteiger partial charge in [0.1, 0.15) is 11.9 Å². The van der Waals surface area contributed by atoms with Gasteiger partial charge >= 0.3 is 5.97 Å². The smallest absolute Gasteiger partial charge is 0.332 e. The molecule has 1 aliphatic heterocycles. The van der Waals surface area contributed by atoms with Crippen molar-refractivity contribution in [3.05, 3.63) is 23.8 Å². The van der Waals surface area contributed by atoms with Crippen LogP contribution in [-0.4, -0.2) is 35.8 Å². The summed E-state index contributed by atoms with van der Waals surface area (Å²) in [4.78, 5) is 22.9. The number of benzene rings is 1. The SMILES string of the molecule is CCOc1ccc(NC(=O)[C@@H]2CC[C@H](C(=O)O)O2)c(C)c1. The maximum absolute atomic E-state index is 12.1. The largest absolute Gasteiger partial charge is 0.494 e. The number of carbonyl (C=O) groups excluding carboxylic acids is 1. The highest BCUT2D eigenvalue weighted by Crippen LogP contribution is 2.24. The molecule has 1 amide bonds. The molecule has 2 N–H and O–H groups in total. The second-order valence-corrected chi connectivity index (χ2v) is 4.93. The fourth-order valence-electron chi connectivity index (χ4n) is 2.26. The Labute approximate surface area is 123 Å². The lowest BCUT2D eigenvalue weighted by molar-refractivity contribution is -0.150. The lowest BCUT2D eigenvalue weighted by Gasteiger charge is -2.14. The van der Waals surface area contributed by atoms with E-state index >= 15 is 0 Å². The zero-order valence-electron chi connectivity index (χ0n) is 12.1. The Morgan fingerprint density at radius 2 is 2.10 bits per heavy atom. The standard InChI is InChI=1S/C15H19NO5/c1-3-20-10-4-5-11(9(2)8-10)16-14(17)12-6-7-13(21-12)15(18)19/h4-5,8,12-13H,3,6-7H2,1-2H3,(H,16,17)(H,18,19)/t12-,13+/m0/s1. The van der Waals surface area contributed by atoms with Crippen molar-refractivity contribution < 1.29 is 24.2 Å². The topological polar surface area (TPSA) is 84.9 Å². The number of aryl methyl sites for hydroxylation is 1. The minimum absolute atomic E-state index is 0.314. The molecule has 2 rings (SSSR count). The Morgan fingerprint density at radius 3 is 2.67 bits per heavy atom. The molecule has 0 saturated carbocycles. The van der Waals surface area contributed by atoms with Gasteiger partial charge in [0.2, 0.25) is 0 Å². The maximum Gasteiger partial charge on any atom is 0.332 e. The van der Waals surface area contributed by atoms with Crippen LogP contribution in [0.15, 0.2) is 18.2 Å². The van der Waals surface area contributed by atoms with E-state index in [4.69, 9.17) is 14.6 Å². The van der Waals surface area contributed by atoms with Crippen molar-refractivity contribution in [2.75, 3.05) is 11.9 Å². The van der Waals surface area contributed by atoms with Gasteiger partial charge in [-0.2, -0.15) is 0 Å². The summed E-state index contributed by atoms with van der Waals surface area (Å²) in [6, 6.07) is 5.39. The summed E-state index contributed by atoms with van der Waals surface area (Å²) in [6.07, 6.45) is -0.826. The summed E-state index contributed by atoms with van der Waals surface area (Å²) in [5.74, 6) is -0.593. The van der Waals surface area contributed by atoms with Gasteiger partial charge in [0, 0.05) is 5.69 Å². The molecule has 6 nitrogen and oxygen atoms in total. The monoisotopic (exact) mass is 293 g/mol. The molecule has 0 radical (unpaired) electrons. The van der Waals surface area contributed by atoms with Crippen molar-refractivity contribution in [2.24, 2.45) is 0 Å². The van der Waals surface area contributed by atoms with Crippen molar-refractivity contribution in [1.29, 1.82) is 0 Å². The summed E-state index contributed by atoms with van der Waals surface area (Å²) in [7, 11) is 0. The van der Waals surface area contributed by atoms with E-state index in [1.807, 2.05) is 19.9 Å². The Morgan fingerprint density at radius 1 is 1.38 bits per heavy atom. The van der Waals surface area contributed by atoms with E-state index in [1.54, 1.807) is 12.1 Å². The number of rotatable bonds is 5. The molecule has 0 aliphatic carbocycles. The van der Waals surface area contributed by atoms with E-state index < -0.39 is 18.2 Å². The van der Waals surface area contributed by atoms with Gasteiger partial charge in [0.15, 0.2) is 6.10 Å². The van der Waals surface area contributed by atoms with E-state index in [0.29, 0.717) is 25.1 Å². The summed E-state index contributed by atoms with van der Waals surface area (Å²) >= 11 is 0. The quantitative estimate of drug-likeness (QED) is 0.867. The first-order valence-corrected chi connectivity index (χ1v) is 6.94. The molecular weight excluding hydrogens is 274 g/mol. The van der Waals surface area contributed by atoms with Gasteiger partial charge in [-0.3, -0.25) is 4.79 Å². The molecule has 0 spiro atoms. The maximum atomic E-state index is 12.1. The Bertz CT molecular complexity index is 543. The molecule has 21 heavy (non-hydrogen) atoms. The molecule has 1 heterocycles. The highest BCUT2D eigenvalue weighted by Gasteiger charge is 2.34. The highest BCUT2D eigenvalue weighted by atomic mass is 16.5. The molecule has 1 aromatic carbocycles. The van der Waals surface area contributed by atoms with Crippen LogP contribution in [0.5, 0.6) is 5.75 Å². The lowest BCUT2D eigenvalue weighted by Crippen LogP contribution is -2.30. The number of hydrogen-bond donors (Lipinski definition) is 2. The average Bonchev–Trinajstić information content (AvgIpc) is 2.92. The molecule has 1 saturated heterocycles. The van der Waals surface area contributed by atoms with E-state index in [1.165, 1.54) is 0 Å². The number of carboxylic acid groups (broad SMARTS) is 1. The molecule has 1 aromatic rings. The van der Waals surface area contributed by atoms with Crippen LogP contribution in [0.1, 0.15) is 25.3 Å². The Balaban J connectivity index is 1.98. The summed E-state index contributed by atoms with van der Waals surface area (Å²) in [5, 5.41) is 11.6. The van der Waals surface area contributed by atoms with Crippen LogP contribution >= 0.6 is 0 Å². The third kappa shape index (κ3) is 3.72. The summed E-state index contributed by atoms with van der Waals surface area (Å²) in [5.41, 5.74) is 1.55. The van der Waals surface area contributed by atoms with Crippen molar-refractivity contribution in [1.82, 2.24) is 0 Å². The first kappa shape index (κ1) is 15.3. The molecule has 1 aliphatic rings. The van der Waals surface area contributed by atoms with Crippen LogP contribution in [-0.2, 0) is 14.3 Å². The first-order chi connectivity index (χ1) is 10.0. The van der Waals surface area contributed by atoms with Gasteiger partial charge in [-0.15, -0.1) is 0 Å². The summed E-state index contributed by atoms with van der Waals surface area (Å²) in [6.45, 7) is 4.35. The summed E-state index contributed by atoms with van der Waals surface area (Å²) < 4.78 is 10.6. The van der Waals surface area contributed by atoms with Crippen molar-refractivity contribution in [3.63, 3.8) is 0 Å². The van der Waals surface area contributed by atoms with E-state index in [0.717, 1.165) is 11.3 Å². The van der Waals surface area contributed by atoms with Gasteiger partial charge in [0.05, 0.1) is 6.61 Å². The van der Waals surface area contributed by atoms with Crippen LogP contribution < -0.4 is 10.1 Å². The number of ether oxygens (including phenoxy) is 2. The number of amides is 1. The second-order valence-electron chi connectivity index (χ2n) is 4.93. The van der Waals surface area contributed by atoms with Crippen molar-refractivity contribution >= 4 is 17.6 Å². The van der Waals surface area contributed by atoms with Crippen LogP contribution in [0.3, 0.4) is 0 Å². The van der Waals surface area contributed by atoms with Gasteiger partial charge in [-0.1, -0.05) is 0 Å². The van der Waals surface area contributed by atoms with Gasteiger partial charge in [-0.05, 0) is 50.5 Å². The van der Waals surface area contributed by atoms with Crippen LogP contribution in [0.4, 0.5) is 5.69 Å². The molecule has 2 atom stereocenters. The predicted molar refractivity (Wildman–Crippen MR) is 76.5 cm³/mol. The van der Waals surface area contributed by atoms with Crippen LogP contribution in [0, 0.1) is 6.92 Å². The third-order valence-electron chi connectivity index (χ3n) is 3.35.